The summed E-state index contributed by atoms with van der Waals surface area (Å²) >= 11 is 0. The highest BCUT2D eigenvalue weighted by Gasteiger charge is 2.14. The van der Waals surface area contributed by atoms with E-state index in [0.717, 1.165) is 18.5 Å². The Balaban J connectivity index is 2.57. The number of likely N-dealkylation sites (N-methyl/N-ethyl adjacent to an activating group) is 1. The van der Waals surface area contributed by atoms with Gasteiger partial charge in [-0.05, 0) is 57.9 Å². The Morgan fingerprint density at radius 2 is 1.83 bits per heavy atom. The Kier molecular flexibility index (Phi) is 5.76. The smallest absolute Gasteiger partial charge is 0.123 e. The second kappa shape index (κ2) is 6.86. The molecule has 3 heteroatoms. The summed E-state index contributed by atoms with van der Waals surface area (Å²) in [4.78, 5) is 0. The number of rotatable bonds is 6. The van der Waals surface area contributed by atoms with Gasteiger partial charge in [0, 0.05) is 13.2 Å². The molecule has 1 unspecified atom stereocenters. The summed E-state index contributed by atoms with van der Waals surface area (Å²) in [6, 6.07) is 6.74. The van der Waals surface area contributed by atoms with E-state index < -0.39 is 0 Å². The van der Waals surface area contributed by atoms with Crippen LogP contribution in [0.3, 0.4) is 0 Å². The van der Waals surface area contributed by atoms with Gasteiger partial charge in [-0.3, -0.25) is 0 Å². The molecular formula is C15H24FNO. The summed E-state index contributed by atoms with van der Waals surface area (Å²) in [7, 11) is 1.93. The second-order valence-corrected chi connectivity index (χ2v) is 5.56. The topological polar surface area (TPSA) is 21.3 Å². The zero-order valence-corrected chi connectivity index (χ0v) is 11.8. The summed E-state index contributed by atoms with van der Waals surface area (Å²) in [5.41, 5.74) is 1.05. The van der Waals surface area contributed by atoms with E-state index in [4.69, 9.17) is 4.74 Å². The van der Waals surface area contributed by atoms with E-state index in [-0.39, 0.29) is 11.4 Å². The summed E-state index contributed by atoms with van der Waals surface area (Å²) in [5.74, 6) is 0.172. The summed E-state index contributed by atoms with van der Waals surface area (Å²) in [6.45, 7) is 7.75. The zero-order valence-electron chi connectivity index (χ0n) is 11.8. The predicted octanol–water partition coefficient (Wildman–Crippen LogP) is 3.33. The fourth-order valence-corrected chi connectivity index (χ4v) is 1.88. The quantitative estimate of drug-likeness (QED) is 0.839. The van der Waals surface area contributed by atoms with Crippen LogP contribution in [0.4, 0.5) is 4.39 Å². The molecule has 18 heavy (non-hydrogen) atoms. The van der Waals surface area contributed by atoms with Gasteiger partial charge in [-0.2, -0.15) is 0 Å². The van der Waals surface area contributed by atoms with Gasteiger partial charge in [-0.1, -0.05) is 12.1 Å². The average molecular weight is 253 g/mol. The molecule has 0 spiro atoms. The van der Waals surface area contributed by atoms with E-state index in [2.05, 4.69) is 26.1 Å². The Morgan fingerprint density at radius 1 is 1.22 bits per heavy atom. The minimum absolute atomic E-state index is 0.104. The van der Waals surface area contributed by atoms with Crippen LogP contribution in [0.15, 0.2) is 24.3 Å². The molecule has 0 amide bonds. The number of ether oxygens (including phenoxy) is 1. The van der Waals surface area contributed by atoms with Crippen LogP contribution < -0.4 is 5.32 Å². The lowest BCUT2D eigenvalue weighted by Crippen LogP contribution is -2.23. The lowest BCUT2D eigenvalue weighted by atomic mass is 9.96. The van der Waals surface area contributed by atoms with Gasteiger partial charge in [0.25, 0.3) is 0 Å². The fraction of sp³-hybridized carbons (Fsp3) is 0.600. The van der Waals surface area contributed by atoms with E-state index >= 15 is 0 Å². The third-order valence-corrected chi connectivity index (χ3v) is 2.79. The van der Waals surface area contributed by atoms with Crippen molar-refractivity contribution in [3.05, 3.63) is 35.6 Å². The molecule has 0 heterocycles. The molecule has 0 saturated carbocycles. The van der Waals surface area contributed by atoms with Gasteiger partial charge in [0.05, 0.1) is 5.60 Å². The number of benzene rings is 1. The molecule has 0 radical (unpaired) electrons. The van der Waals surface area contributed by atoms with Crippen molar-refractivity contribution in [1.82, 2.24) is 5.32 Å². The van der Waals surface area contributed by atoms with Gasteiger partial charge < -0.3 is 10.1 Å². The molecule has 0 aliphatic heterocycles. The van der Waals surface area contributed by atoms with Crippen LogP contribution in [0.25, 0.3) is 0 Å². The maximum atomic E-state index is 12.9. The Morgan fingerprint density at radius 3 is 2.33 bits per heavy atom. The van der Waals surface area contributed by atoms with Gasteiger partial charge in [-0.25, -0.2) is 4.39 Å². The van der Waals surface area contributed by atoms with Gasteiger partial charge in [0.1, 0.15) is 5.82 Å². The predicted molar refractivity (Wildman–Crippen MR) is 73.4 cm³/mol. The van der Waals surface area contributed by atoms with E-state index in [9.17, 15) is 4.39 Å². The highest BCUT2D eigenvalue weighted by molar-refractivity contribution is 5.20. The van der Waals surface area contributed by atoms with Crippen molar-refractivity contribution in [2.75, 3.05) is 20.2 Å². The first kappa shape index (κ1) is 15.1. The molecule has 0 aromatic heterocycles. The molecular weight excluding hydrogens is 229 g/mol. The first-order valence-corrected chi connectivity index (χ1v) is 6.46. The fourth-order valence-electron chi connectivity index (χ4n) is 1.88. The van der Waals surface area contributed by atoms with Gasteiger partial charge in [0.2, 0.25) is 0 Å². The number of nitrogens with one attached hydrogen (secondary N) is 1. The maximum absolute atomic E-state index is 12.9. The van der Waals surface area contributed by atoms with Crippen molar-refractivity contribution < 1.29 is 9.13 Å². The molecule has 0 aliphatic carbocycles. The van der Waals surface area contributed by atoms with E-state index in [1.165, 1.54) is 12.1 Å². The van der Waals surface area contributed by atoms with Gasteiger partial charge >= 0.3 is 0 Å². The maximum Gasteiger partial charge on any atom is 0.123 e. The zero-order chi connectivity index (χ0) is 13.6. The highest BCUT2D eigenvalue weighted by Crippen LogP contribution is 2.20. The monoisotopic (exact) mass is 253 g/mol. The lowest BCUT2D eigenvalue weighted by molar-refractivity contribution is -0.00618. The van der Waals surface area contributed by atoms with Crippen molar-refractivity contribution in [2.45, 2.75) is 38.7 Å². The largest absolute Gasteiger partial charge is 0.376 e. The molecule has 0 aliphatic rings. The van der Waals surface area contributed by atoms with Gasteiger partial charge in [0.15, 0.2) is 0 Å². The van der Waals surface area contributed by atoms with Gasteiger partial charge in [-0.15, -0.1) is 0 Å². The van der Waals surface area contributed by atoms with Crippen molar-refractivity contribution in [3.8, 4) is 0 Å². The molecule has 1 aromatic carbocycles. The third kappa shape index (κ3) is 5.61. The van der Waals surface area contributed by atoms with Crippen molar-refractivity contribution >= 4 is 0 Å². The summed E-state index contributed by atoms with van der Waals surface area (Å²) < 4.78 is 18.7. The van der Waals surface area contributed by atoms with Crippen molar-refractivity contribution in [3.63, 3.8) is 0 Å². The summed E-state index contributed by atoms with van der Waals surface area (Å²) in [6.07, 6.45) is 0.934. The van der Waals surface area contributed by atoms with Crippen molar-refractivity contribution in [1.29, 1.82) is 0 Å². The highest BCUT2D eigenvalue weighted by atomic mass is 19.1. The van der Waals surface area contributed by atoms with Crippen LogP contribution in [-0.4, -0.2) is 25.8 Å². The molecule has 0 fully saturated rings. The number of hydrogen-bond acceptors (Lipinski definition) is 2. The number of hydrogen-bond donors (Lipinski definition) is 1. The van der Waals surface area contributed by atoms with Crippen molar-refractivity contribution in [2.24, 2.45) is 0 Å². The van der Waals surface area contributed by atoms with Crippen LogP contribution in [0.1, 0.15) is 38.7 Å². The van der Waals surface area contributed by atoms with E-state index in [1.807, 2.05) is 19.2 Å². The van der Waals surface area contributed by atoms with E-state index in [1.54, 1.807) is 0 Å². The normalized spacial score (nSPS) is 13.6. The van der Waals surface area contributed by atoms with E-state index in [0.29, 0.717) is 12.5 Å². The van der Waals surface area contributed by atoms with Crippen LogP contribution in [0, 0.1) is 5.82 Å². The molecule has 1 atom stereocenters. The summed E-state index contributed by atoms with van der Waals surface area (Å²) in [5, 5.41) is 3.18. The number of halogens is 1. The first-order valence-electron chi connectivity index (χ1n) is 6.46. The SMILES string of the molecule is CNCC(CCOC(C)(C)C)c1ccc(F)cc1. The Hall–Kier alpha value is -0.930. The second-order valence-electron chi connectivity index (χ2n) is 5.56. The van der Waals surface area contributed by atoms with Crippen LogP contribution >= 0.6 is 0 Å². The minimum atomic E-state index is -0.187. The standard InChI is InChI=1S/C15H24FNO/c1-15(2,3)18-10-9-13(11-17-4)12-5-7-14(16)8-6-12/h5-8,13,17H,9-11H2,1-4H3. The lowest BCUT2D eigenvalue weighted by Gasteiger charge is -2.22. The minimum Gasteiger partial charge on any atom is -0.376 e. The Bertz CT molecular complexity index is 343. The molecule has 0 saturated heterocycles. The average Bonchev–Trinajstić information content (AvgIpc) is 2.27. The molecule has 1 aromatic rings. The first-order chi connectivity index (χ1) is 8.42. The van der Waals surface area contributed by atoms with Crippen LogP contribution in [-0.2, 0) is 4.74 Å². The molecule has 0 bridgehead atoms. The molecule has 2 nitrogen and oxygen atoms in total. The van der Waals surface area contributed by atoms with Crippen LogP contribution in [0.2, 0.25) is 0 Å². The molecule has 102 valence electrons. The molecule has 1 rings (SSSR count). The third-order valence-electron chi connectivity index (χ3n) is 2.79. The van der Waals surface area contributed by atoms with Crippen LogP contribution in [0.5, 0.6) is 0 Å². The molecule has 1 N–H and O–H groups in total. The Labute approximate surface area is 110 Å².